The van der Waals surface area contributed by atoms with Crippen molar-refractivity contribution < 1.29 is 32.1 Å². The summed E-state index contributed by atoms with van der Waals surface area (Å²) in [6.45, 7) is 3.92. The Morgan fingerprint density at radius 2 is 1.62 bits per heavy atom. The number of alkyl halides is 4. The molecule has 21 heavy (non-hydrogen) atoms. The molecule has 1 rings (SSSR count). The number of benzene rings is 1. The Kier molecular flexibility index (Phi) is 6.27. The van der Waals surface area contributed by atoms with Gasteiger partial charge >= 0.3 is 12.3 Å². The van der Waals surface area contributed by atoms with E-state index in [4.69, 9.17) is 9.47 Å². The standard InChI is InChI=1S/C13H15BrF4O3/c1-3-20-9-5-7(8(14)6-10(9)21-4-2)11(19)13(17,18)12(15)16/h5-6,11-12,19H,3-4H2,1-2H3. The van der Waals surface area contributed by atoms with Crippen molar-refractivity contribution in [2.45, 2.75) is 32.3 Å². The van der Waals surface area contributed by atoms with E-state index in [9.17, 15) is 22.7 Å². The van der Waals surface area contributed by atoms with E-state index in [0.29, 0.717) is 6.61 Å². The summed E-state index contributed by atoms with van der Waals surface area (Å²) >= 11 is 2.97. The second-order valence-corrected chi connectivity index (χ2v) is 4.92. The first-order chi connectivity index (χ1) is 9.75. The van der Waals surface area contributed by atoms with Crippen molar-refractivity contribution in [2.75, 3.05) is 13.2 Å². The van der Waals surface area contributed by atoms with E-state index in [2.05, 4.69) is 15.9 Å². The van der Waals surface area contributed by atoms with E-state index in [-0.39, 0.29) is 22.6 Å². The third-order valence-corrected chi connectivity index (χ3v) is 3.30. The van der Waals surface area contributed by atoms with Gasteiger partial charge in [0.2, 0.25) is 0 Å². The maximum absolute atomic E-state index is 13.3. The summed E-state index contributed by atoms with van der Waals surface area (Å²) in [6, 6.07) is 2.37. The van der Waals surface area contributed by atoms with Gasteiger partial charge in [0.05, 0.1) is 13.2 Å². The lowest BCUT2D eigenvalue weighted by molar-refractivity contribution is -0.194. The maximum atomic E-state index is 13.3. The van der Waals surface area contributed by atoms with Crippen LogP contribution < -0.4 is 9.47 Å². The fourth-order valence-corrected chi connectivity index (χ4v) is 2.16. The van der Waals surface area contributed by atoms with E-state index >= 15 is 0 Å². The van der Waals surface area contributed by atoms with Crippen molar-refractivity contribution in [3.63, 3.8) is 0 Å². The quantitative estimate of drug-likeness (QED) is 0.727. The van der Waals surface area contributed by atoms with Crippen LogP contribution in [0.4, 0.5) is 17.6 Å². The van der Waals surface area contributed by atoms with Gasteiger partial charge in [0, 0.05) is 10.0 Å². The van der Waals surface area contributed by atoms with Crippen LogP contribution in [-0.2, 0) is 0 Å². The van der Waals surface area contributed by atoms with Gasteiger partial charge in [-0.2, -0.15) is 8.78 Å². The van der Waals surface area contributed by atoms with Gasteiger partial charge in [0.25, 0.3) is 0 Å². The lowest BCUT2D eigenvalue weighted by Gasteiger charge is -2.24. The first-order valence-electron chi connectivity index (χ1n) is 6.18. The maximum Gasteiger partial charge on any atom is 0.336 e. The summed E-state index contributed by atoms with van der Waals surface area (Å²) in [6.07, 6.45) is -6.65. The molecule has 0 aliphatic heterocycles. The molecule has 1 aromatic carbocycles. The van der Waals surface area contributed by atoms with Crippen LogP contribution in [0, 0.1) is 0 Å². The minimum Gasteiger partial charge on any atom is -0.490 e. The summed E-state index contributed by atoms with van der Waals surface area (Å²) in [5.74, 6) is -4.21. The third kappa shape index (κ3) is 4.00. The highest BCUT2D eigenvalue weighted by Gasteiger charge is 2.49. The molecule has 0 saturated carbocycles. The smallest absolute Gasteiger partial charge is 0.336 e. The van der Waals surface area contributed by atoms with Crippen LogP contribution in [0.5, 0.6) is 11.5 Å². The van der Waals surface area contributed by atoms with Gasteiger partial charge in [-0.25, -0.2) is 8.78 Å². The topological polar surface area (TPSA) is 38.7 Å². The Morgan fingerprint density at radius 3 is 2.05 bits per heavy atom. The molecule has 0 aliphatic rings. The summed E-state index contributed by atoms with van der Waals surface area (Å²) in [4.78, 5) is 0. The van der Waals surface area contributed by atoms with Gasteiger partial charge in [0.1, 0.15) is 6.10 Å². The molecule has 1 aromatic rings. The Balaban J connectivity index is 3.27. The molecule has 1 unspecified atom stereocenters. The largest absolute Gasteiger partial charge is 0.490 e. The van der Waals surface area contributed by atoms with Gasteiger partial charge in [-0.3, -0.25) is 0 Å². The average molecular weight is 375 g/mol. The summed E-state index contributed by atoms with van der Waals surface area (Å²) in [7, 11) is 0. The molecule has 0 heterocycles. The van der Waals surface area contributed by atoms with Gasteiger partial charge in [0.15, 0.2) is 11.5 Å². The number of hydrogen-bond acceptors (Lipinski definition) is 3. The fourth-order valence-electron chi connectivity index (χ4n) is 1.62. The molecule has 1 atom stereocenters. The Hall–Kier alpha value is -1.02. The lowest BCUT2D eigenvalue weighted by Crippen LogP contribution is -2.34. The summed E-state index contributed by atoms with van der Waals surface area (Å²) < 4.78 is 61.8. The van der Waals surface area contributed by atoms with Crippen molar-refractivity contribution in [3.05, 3.63) is 22.2 Å². The van der Waals surface area contributed by atoms with Crippen LogP contribution in [0.25, 0.3) is 0 Å². The summed E-state index contributed by atoms with van der Waals surface area (Å²) in [5, 5.41) is 9.56. The van der Waals surface area contributed by atoms with Crippen LogP contribution in [0.2, 0.25) is 0 Å². The molecule has 0 amide bonds. The molecule has 8 heteroatoms. The highest BCUT2D eigenvalue weighted by Crippen LogP contribution is 2.43. The van der Waals surface area contributed by atoms with Crippen molar-refractivity contribution in [1.82, 2.24) is 0 Å². The first-order valence-corrected chi connectivity index (χ1v) is 6.98. The zero-order chi connectivity index (χ0) is 16.2. The normalized spacial score (nSPS) is 13.4. The van der Waals surface area contributed by atoms with E-state index in [1.54, 1.807) is 13.8 Å². The highest BCUT2D eigenvalue weighted by atomic mass is 79.9. The van der Waals surface area contributed by atoms with Crippen LogP contribution in [0.3, 0.4) is 0 Å². The van der Waals surface area contributed by atoms with Gasteiger partial charge in [-0.1, -0.05) is 15.9 Å². The fraction of sp³-hybridized carbons (Fsp3) is 0.538. The molecule has 1 N–H and O–H groups in total. The van der Waals surface area contributed by atoms with Crippen molar-refractivity contribution in [1.29, 1.82) is 0 Å². The molecule has 0 spiro atoms. The minimum atomic E-state index is -4.57. The number of aliphatic hydroxyl groups is 1. The van der Waals surface area contributed by atoms with E-state index in [1.165, 1.54) is 6.07 Å². The Morgan fingerprint density at radius 1 is 1.14 bits per heavy atom. The van der Waals surface area contributed by atoms with E-state index < -0.39 is 24.0 Å². The predicted molar refractivity (Wildman–Crippen MR) is 72.4 cm³/mol. The lowest BCUT2D eigenvalue weighted by atomic mass is 10.0. The molecule has 3 nitrogen and oxygen atoms in total. The van der Waals surface area contributed by atoms with Crippen LogP contribution in [0.15, 0.2) is 16.6 Å². The van der Waals surface area contributed by atoms with E-state index in [0.717, 1.165) is 6.07 Å². The highest BCUT2D eigenvalue weighted by molar-refractivity contribution is 9.10. The number of hydrogen-bond donors (Lipinski definition) is 1. The molecule has 0 aromatic heterocycles. The Labute approximate surface area is 128 Å². The zero-order valence-electron chi connectivity index (χ0n) is 11.4. The molecule has 0 saturated heterocycles. The second kappa shape index (κ2) is 7.31. The van der Waals surface area contributed by atoms with Gasteiger partial charge in [-0.15, -0.1) is 0 Å². The molecule has 120 valence electrons. The second-order valence-electron chi connectivity index (χ2n) is 4.06. The number of aliphatic hydroxyl groups excluding tert-OH is 1. The molecular weight excluding hydrogens is 360 g/mol. The molecule has 0 radical (unpaired) electrons. The first kappa shape index (κ1) is 18.0. The van der Waals surface area contributed by atoms with Crippen LogP contribution >= 0.6 is 15.9 Å². The van der Waals surface area contributed by atoms with Crippen molar-refractivity contribution in [3.8, 4) is 11.5 Å². The van der Waals surface area contributed by atoms with Crippen LogP contribution in [0.1, 0.15) is 25.5 Å². The molecule has 0 bridgehead atoms. The Bertz CT molecular complexity index is 483. The van der Waals surface area contributed by atoms with Crippen molar-refractivity contribution in [2.24, 2.45) is 0 Å². The number of ether oxygens (including phenoxy) is 2. The number of halogens is 5. The monoisotopic (exact) mass is 374 g/mol. The molecule has 0 aliphatic carbocycles. The van der Waals surface area contributed by atoms with Gasteiger partial charge < -0.3 is 14.6 Å². The third-order valence-electron chi connectivity index (χ3n) is 2.61. The predicted octanol–water partition coefficient (Wildman–Crippen LogP) is 4.18. The van der Waals surface area contributed by atoms with Crippen LogP contribution in [-0.4, -0.2) is 30.7 Å². The zero-order valence-corrected chi connectivity index (χ0v) is 13.0. The molecular formula is C13H15BrF4O3. The summed E-state index contributed by atoms with van der Waals surface area (Å²) in [5.41, 5.74) is -0.396. The van der Waals surface area contributed by atoms with Crippen molar-refractivity contribution >= 4 is 15.9 Å². The minimum absolute atomic E-state index is 0.0298. The SMILES string of the molecule is CCOc1cc(Br)c(C(O)C(F)(F)C(F)F)cc1OCC. The van der Waals surface area contributed by atoms with E-state index in [1.807, 2.05) is 0 Å². The molecule has 0 fully saturated rings. The number of rotatable bonds is 7. The average Bonchev–Trinajstić information content (AvgIpc) is 2.41. The van der Waals surface area contributed by atoms with Gasteiger partial charge in [-0.05, 0) is 26.0 Å².